The first-order chi connectivity index (χ1) is 9.52. The predicted octanol–water partition coefficient (Wildman–Crippen LogP) is 5.08. The van der Waals surface area contributed by atoms with Gasteiger partial charge < -0.3 is 10.1 Å². The first-order valence-electron chi connectivity index (χ1n) is 6.38. The van der Waals surface area contributed by atoms with E-state index in [9.17, 15) is 4.39 Å². The van der Waals surface area contributed by atoms with Crippen LogP contribution in [0.3, 0.4) is 0 Å². The van der Waals surface area contributed by atoms with Crippen molar-refractivity contribution in [1.82, 2.24) is 0 Å². The molecule has 4 heteroatoms. The molecular formula is C16H17BrFNO. The second kappa shape index (κ2) is 6.27. The second-order valence-electron chi connectivity index (χ2n) is 4.67. The van der Waals surface area contributed by atoms with Crippen LogP contribution in [-0.4, -0.2) is 7.11 Å². The van der Waals surface area contributed by atoms with E-state index in [1.165, 1.54) is 6.07 Å². The molecule has 0 aliphatic heterocycles. The highest BCUT2D eigenvalue weighted by molar-refractivity contribution is 9.10. The van der Waals surface area contributed by atoms with Crippen LogP contribution in [0.25, 0.3) is 0 Å². The van der Waals surface area contributed by atoms with E-state index in [4.69, 9.17) is 4.74 Å². The van der Waals surface area contributed by atoms with Gasteiger partial charge >= 0.3 is 0 Å². The van der Waals surface area contributed by atoms with Crippen LogP contribution in [-0.2, 0) is 0 Å². The molecule has 0 fully saturated rings. The number of rotatable bonds is 4. The Bertz CT molecular complexity index is 615. The van der Waals surface area contributed by atoms with Crippen LogP contribution in [0.1, 0.15) is 24.1 Å². The summed E-state index contributed by atoms with van der Waals surface area (Å²) in [6, 6.07) is 11.0. The third kappa shape index (κ3) is 3.12. The molecule has 2 aromatic carbocycles. The summed E-state index contributed by atoms with van der Waals surface area (Å²) in [6.07, 6.45) is 0. The van der Waals surface area contributed by atoms with E-state index in [0.717, 1.165) is 21.5 Å². The molecular weight excluding hydrogens is 321 g/mol. The lowest BCUT2D eigenvalue weighted by atomic mass is 10.1. The summed E-state index contributed by atoms with van der Waals surface area (Å²) in [7, 11) is 1.64. The number of ether oxygens (including phenoxy) is 1. The first kappa shape index (κ1) is 14.9. The second-order valence-corrected chi connectivity index (χ2v) is 5.53. The molecule has 1 atom stereocenters. The minimum absolute atomic E-state index is 0.0673. The van der Waals surface area contributed by atoms with Gasteiger partial charge in [0.25, 0.3) is 0 Å². The van der Waals surface area contributed by atoms with Crippen LogP contribution < -0.4 is 10.1 Å². The lowest BCUT2D eigenvalue weighted by Gasteiger charge is -2.18. The number of hydrogen-bond acceptors (Lipinski definition) is 2. The normalized spacial score (nSPS) is 12.1. The van der Waals surface area contributed by atoms with Crippen LogP contribution in [0.5, 0.6) is 5.75 Å². The maximum absolute atomic E-state index is 13.5. The maximum Gasteiger partial charge on any atom is 0.133 e. The standard InChI is InChI=1S/C16H17BrFNO/c1-10-14(18)5-4-6-15(10)19-11(2)12-7-8-16(20-3)13(17)9-12/h4-9,11,19H,1-3H3. The van der Waals surface area contributed by atoms with Gasteiger partial charge in [0.2, 0.25) is 0 Å². The van der Waals surface area contributed by atoms with E-state index in [1.807, 2.05) is 31.2 Å². The van der Waals surface area contributed by atoms with Crippen molar-refractivity contribution in [3.63, 3.8) is 0 Å². The predicted molar refractivity (Wildman–Crippen MR) is 83.9 cm³/mol. The average molecular weight is 338 g/mol. The van der Waals surface area contributed by atoms with Crippen molar-refractivity contribution >= 4 is 21.6 Å². The Labute approximate surface area is 127 Å². The Morgan fingerprint density at radius 3 is 2.65 bits per heavy atom. The van der Waals surface area contributed by atoms with Gasteiger partial charge in [-0.1, -0.05) is 12.1 Å². The van der Waals surface area contributed by atoms with Crippen molar-refractivity contribution in [3.8, 4) is 5.75 Å². The molecule has 0 aliphatic rings. The smallest absolute Gasteiger partial charge is 0.133 e. The molecule has 0 bridgehead atoms. The molecule has 2 nitrogen and oxygen atoms in total. The SMILES string of the molecule is COc1ccc(C(C)Nc2cccc(F)c2C)cc1Br. The summed E-state index contributed by atoms with van der Waals surface area (Å²) in [5.74, 6) is 0.598. The van der Waals surface area contributed by atoms with Crippen molar-refractivity contribution in [2.45, 2.75) is 19.9 Å². The zero-order valence-electron chi connectivity index (χ0n) is 11.7. The molecule has 0 spiro atoms. The molecule has 20 heavy (non-hydrogen) atoms. The van der Waals surface area contributed by atoms with E-state index < -0.39 is 0 Å². The summed E-state index contributed by atoms with van der Waals surface area (Å²) in [5.41, 5.74) is 2.54. The van der Waals surface area contributed by atoms with Crippen molar-refractivity contribution in [3.05, 3.63) is 57.8 Å². The third-order valence-electron chi connectivity index (χ3n) is 3.32. The lowest BCUT2D eigenvalue weighted by Crippen LogP contribution is -2.08. The van der Waals surface area contributed by atoms with Crippen molar-refractivity contribution in [2.24, 2.45) is 0 Å². The van der Waals surface area contributed by atoms with E-state index in [0.29, 0.717) is 5.56 Å². The van der Waals surface area contributed by atoms with Crippen LogP contribution >= 0.6 is 15.9 Å². The topological polar surface area (TPSA) is 21.3 Å². The molecule has 0 heterocycles. The maximum atomic E-state index is 13.5. The van der Waals surface area contributed by atoms with Gasteiger partial charge in [-0.05, 0) is 59.6 Å². The van der Waals surface area contributed by atoms with Crippen LogP contribution in [0.2, 0.25) is 0 Å². The molecule has 1 unspecified atom stereocenters. The van der Waals surface area contributed by atoms with Gasteiger partial charge in [-0.15, -0.1) is 0 Å². The van der Waals surface area contributed by atoms with Gasteiger partial charge in [0.1, 0.15) is 11.6 Å². The Morgan fingerprint density at radius 1 is 1.25 bits per heavy atom. The largest absolute Gasteiger partial charge is 0.496 e. The van der Waals surface area contributed by atoms with E-state index in [-0.39, 0.29) is 11.9 Å². The first-order valence-corrected chi connectivity index (χ1v) is 7.17. The molecule has 0 aromatic heterocycles. The minimum Gasteiger partial charge on any atom is -0.496 e. The molecule has 1 N–H and O–H groups in total. The fraction of sp³-hybridized carbons (Fsp3) is 0.250. The van der Waals surface area contributed by atoms with Gasteiger partial charge in [0, 0.05) is 17.3 Å². The van der Waals surface area contributed by atoms with Gasteiger partial charge in [0.15, 0.2) is 0 Å². The number of anilines is 1. The molecule has 2 aromatic rings. The Balaban J connectivity index is 2.21. The van der Waals surface area contributed by atoms with Crippen LogP contribution in [0.15, 0.2) is 40.9 Å². The Kier molecular flexibility index (Phi) is 4.65. The van der Waals surface area contributed by atoms with Crippen molar-refractivity contribution < 1.29 is 9.13 Å². The van der Waals surface area contributed by atoms with Gasteiger partial charge in [-0.25, -0.2) is 4.39 Å². The van der Waals surface area contributed by atoms with Crippen molar-refractivity contribution in [2.75, 3.05) is 12.4 Å². The molecule has 0 saturated heterocycles. The molecule has 0 radical (unpaired) electrons. The average Bonchev–Trinajstić information content (AvgIpc) is 2.43. The summed E-state index contributed by atoms with van der Waals surface area (Å²) in [4.78, 5) is 0. The van der Waals surface area contributed by atoms with Crippen molar-refractivity contribution in [1.29, 1.82) is 0 Å². The summed E-state index contributed by atoms with van der Waals surface area (Å²) >= 11 is 3.47. The number of methoxy groups -OCH3 is 1. The van der Waals surface area contributed by atoms with Crippen LogP contribution in [0, 0.1) is 12.7 Å². The highest BCUT2D eigenvalue weighted by Crippen LogP contribution is 2.30. The summed E-state index contributed by atoms with van der Waals surface area (Å²) < 4.78 is 19.7. The lowest BCUT2D eigenvalue weighted by molar-refractivity contribution is 0.412. The Morgan fingerprint density at radius 2 is 2.00 bits per heavy atom. The van der Waals surface area contributed by atoms with Crippen LogP contribution in [0.4, 0.5) is 10.1 Å². The third-order valence-corrected chi connectivity index (χ3v) is 3.94. The highest BCUT2D eigenvalue weighted by atomic mass is 79.9. The van der Waals surface area contributed by atoms with Gasteiger partial charge in [-0.3, -0.25) is 0 Å². The molecule has 0 amide bonds. The Hall–Kier alpha value is -1.55. The fourth-order valence-electron chi connectivity index (χ4n) is 2.03. The van der Waals surface area contributed by atoms with Gasteiger partial charge in [-0.2, -0.15) is 0 Å². The summed E-state index contributed by atoms with van der Waals surface area (Å²) in [5, 5.41) is 3.33. The van der Waals surface area contributed by atoms with E-state index in [2.05, 4.69) is 21.2 Å². The monoisotopic (exact) mass is 337 g/mol. The zero-order chi connectivity index (χ0) is 14.7. The van der Waals surface area contributed by atoms with E-state index >= 15 is 0 Å². The number of halogens is 2. The highest BCUT2D eigenvalue weighted by Gasteiger charge is 2.10. The zero-order valence-corrected chi connectivity index (χ0v) is 13.3. The summed E-state index contributed by atoms with van der Waals surface area (Å²) in [6.45, 7) is 3.81. The number of nitrogens with one attached hydrogen (secondary N) is 1. The number of hydrogen-bond donors (Lipinski definition) is 1. The van der Waals surface area contributed by atoms with E-state index in [1.54, 1.807) is 20.1 Å². The quantitative estimate of drug-likeness (QED) is 0.840. The molecule has 2 rings (SSSR count). The minimum atomic E-state index is -0.196. The molecule has 0 aliphatic carbocycles. The van der Waals surface area contributed by atoms with Gasteiger partial charge in [0.05, 0.1) is 11.6 Å². The fourth-order valence-corrected chi connectivity index (χ4v) is 2.59. The number of benzene rings is 2. The molecule has 0 saturated carbocycles. The molecule has 106 valence electrons.